The first kappa shape index (κ1) is 26.3. The summed E-state index contributed by atoms with van der Waals surface area (Å²) in [5, 5.41) is 33.0. The van der Waals surface area contributed by atoms with Crippen LogP contribution in [0.5, 0.6) is 0 Å². The van der Waals surface area contributed by atoms with Crippen LogP contribution in [-0.4, -0.2) is 17.9 Å². The Balaban J connectivity index is 0. The molecule has 96 valence electrons. The number of carboxylic acid groups (broad SMARTS) is 3. The van der Waals surface area contributed by atoms with Gasteiger partial charge in [0.05, 0.1) is 17.9 Å². The fourth-order valence-electron chi connectivity index (χ4n) is 1.84. The first-order valence-corrected chi connectivity index (χ1v) is 5.12. The molecule has 9 heteroatoms. The van der Waals surface area contributed by atoms with Gasteiger partial charge in [-0.3, -0.25) is 0 Å². The maximum Gasteiger partial charge on any atom is 1.00 e. The SMILES string of the molecule is O=C([O-])c1ccc2ccc(C(=O)[O-])c(C(=O)[O-])c2c1.[K+].[K+].[K+]. The van der Waals surface area contributed by atoms with Crippen molar-refractivity contribution in [2.45, 2.75) is 0 Å². The van der Waals surface area contributed by atoms with Crippen molar-refractivity contribution in [1.82, 2.24) is 0 Å². The summed E-state index contributed by atoms with van der Waals surface area (Å²) in [6.07, 6.45) is 0. The largest absolute Gasteiger partial charge is 1.00 e. The zero-order valence-electron chi connectivity index (χ0n) is 12.3. The van der Waals surface area contributed by atoms with Gasteiger partial charge in [-0.2, -0.15) is 0 Å². The van der Waals surface area contributed by atoms with E-state index in [1.165, 1.54) is 18.2 Å². The van der Waals surface area contributed by atoms with Gasteiger partial charge in [-0.1, -0.05) is 24.3 Å². The van der Waals surface area contributed by atoms with Gasteiger partial charge in [-0.25, -0.2) is 0 Å². The van der Waals surface area contributed by atoms with E-state index in [0.29, 0.717) is 5.39 Å². The van der Waals surface area contributed by atoms with Crippen molar-refractivity contribution in [3.8, 4) is 0 Å². The summed E-state index contributed by atoms with van der Waals surface area (Å²) in [5.41, 5.74) is -1.44. The smallest absolute Gasteiger partial charge is 0.545 e. The second kappa shape index (κ2) is 11.6. The van der Waals surface area contributed by atoms with E-state index in [1.54, 1.807) is 0 Å². The van der Waals surface area contributed by atoms with Gasteiger partial charge in [0.1, 0.15) is 0 Å². The van der Waals surface area contributed by atoms with Crippen molar-refractivity contribution in [3.63, 3.8) is 0 Å². The Morgan fingerprint density at radius 2 is 1.27 bits per heavy atom. The summed E-state index contributed by atoms with van der Waals surface area (Å²) >= 11 is 0. The fraction of sp³-hybridized carbons (Fsp3) is 0. The number of rotatable bonds is 3. The molecule has 0 aliphatic rings. The number of carbonyl (C=O) groups is 3. The van der Waals surface area contributed by atoms with Crippen LogP contribution >= 0.6 is 0 Å². The Morgan fingerprint density at radius 3 is 1.73 bits per heavy atom. The molecule has 0 amide bonds. The Hall–Kier alpha value is 2.02. The third-order valence-electron chi connectivity index (χ3n) is 2.68. The molecular formula is C13H5K3O6. The average Bonchev–Trinajstić information content (AvgIpc) is 2.35. The van der Waals surface area contributed by atoms with Crippen molar-refractivity contribution in [3.05, 3.63) is 47.0 Å². The summed E-state index contributed by atoms with van der Waals surface area (Å²) in [4.78, 5) is 32.7. The van der Waals surface area contributed by atoms with Crippen molar-refractivity contribution < 1.29 is 184 Å². The molecule has 2 aromatic carbocycles. The van der Waals surface area contributed by atoms with Gasteiger partial charge in [0, 0.05) is 11.1 Å². The third-order valence-corrected chi connectivity index (χ3v) is 2.68. The van der Waals surface area contributed by atoms with Crippen LogP contribution < -0.4 is 169 Å². The Morgan fingerprint density at radius 1 is 0.727 bits per heavy atom. The first-order valence-electron chi connectivity index (χ1n) is 5.12. The van der Waals surface area contributed by atoms with Crippen LogP contribution in [0.25, 0.3) is 10.8 Å². The van der Waals surface area contributed by atoms with E-state index >= 15 is 0 Å². The molecule has 6 nitrogen and oxygen atoms in total. The average molecular weight is 374 g/mol. The van der Waals surface area contributed by atoms with Crippen molar-refractivity contribution in [2.24, 2.45) is 0 Å². The van der Waals surface area contributed by atoms with Gasteiger partial charge in [0.2, 0.25) is 0 Å². The Bertz CT molecular complexity index is 724. The van der Waals surface area contributed by atoms with Gasteiger partial charge in [-0.05, 0) is 22.4 Å². The molecule has 0 unspecified atom stereocenters. The number of hydrogen-bond donors (Lipinski definition) is 0. The molecule has 0 fully saturated rings. The minimum absolute atomic E-state index is 0. The fourth-order valence-corrected chi connectivity index (χ4v) is 1.84. The molecule has 0 radical (unpaired) electrons. The van der Waals surface area contributed by atoms with Crippen LogP contribution in [-0.2, 0) is 0 Å². The molecule has 0 bridgehead atoms. The van der Waals surface area contributed by atoms with Crippen molar-refractivity contribution >= 4 is 28.7 Å². The molecule has 0 saturated carbocycles. The molecule has 0 heterocycles. The van der Waals surface area contributed by atoms with E-state index in [0.717, 1.165) is 12.1 Å². The molecule has 0 atom stereocenters. The van der Waals surface area contributed by atoms with E-state index in [-0.39, 0.29) is 165 Å². The molecule has 0 aliphatic carbocycles. The number of carbonyl (C=O) groups excluding carboxylic acids is 3. The van der Waals surface area contributed by atoms with Crippen LogP contribution in [0.4, 0.5) is 0 Å². The second-order valence-corrected chi connectivity index (χ2v) is 3.79. The third kappa shape index (κ3) is 6.07. The monoisotopic (exact) mass is 374 g/mol. The van der Waals surface area contributed by atoms with Gasteiger partial charge in [0.15, 0.2) is 0 Å². The molecule has 22 heavy (non-hydrogen) atoms. The van der Waals surface area contributed by atoms with E-state index in [9.17, 15) is 29.7 Å². The van der Waals surface area contributed by atoms with Gasteiger partial charge in [-0.15, -0.1) is 0 Å². The van der Waals surface area contributed by atoms with Gasteiger partial charge < -0.3 is 29.7 Å². The predicted molar refractivity (Wildman–Crippen MR) is 56.9 cm³/mol. The van der Waals surface area contributed by atoms with E-state index in [1.807, 2.05) is 0 Å². The number of aromatic carboxylic acids is 3. The molecule has 2 aromatic rings. The first-order chi connectivity index (χ1) is 8.91. The standard InChI is InChI=1S/C13H8O6.3K/c14-11(15)7-2-1-6-3-4-8(12(16)17)10(13(18)19)9(6)5-7;;;/h1-5H,(H,14,15)(H,16,17)(H,18,19);;;/q;3*+1/p-3. The molecule has 0 aromatic heterocycles. The van der Waals surface area contributed by atoms with Crippen molar-refractivity contribution in [1.29, 1.82) is 0 Å². The molecule has 0 saturated heterocycles. The topological polar surface area (TPSA) is 120 Å². The summed E-state index contributed by atoms with van der Waals surface area (Å²) < 4.78 is 0. The van der Waals surface area contributed by atoms with Crippen LogP contribution in [0.15, 0.2) is 30.3 Å². The Labute approximate surface area is 253 Å². The summed E-state index contributed by atoms with van der Waals surface area (Å²) in [7, 11) is 0. The van der Waals surface area contributed by atoms with Crippen LogP contribution in [0.2, 0.25) is 0 Å². The quantitative estimate of drug-likeness (QED) is 0.492. The number of benzene rings is 2. The number of carboxylic acids is 3. The minimum atomic E-state index is -1.72. The molecular weight excluding hydrogens is 369 g/mol. The minimum Gasteiger partial charge on any atom is -0.545 e. The summed E-state index contributed by atoms with van der Waals surface area (Å²) in [6.45, 7) is 0. The maximum absolute atomic E-state index is 11.1. The van der Waals surface area contributed by atoms with Crippen LogP contribution in [0, 0.1) is 0 Å². The normalized spacial score (nSPS) is 8.91. The Kier molecular flexibility index (Phi) is 13.8. The zero-order chi connectivity index (χ0) is 14.2. The van der Waals surface area contributed by atoms with Crippen molar-refractivity contribution in [2.75, 3.05) is 0 Å². The number of hydrogen-bond acceptors (Lipinski definition) is 6. The summed E-state index contributed by atoms with van der Waals surface area (Å²) in [5.74, 6) is -4.90. The molecule has 2 rings (SSSR count). The predicted octanol–water partition coefficient (Wildman–Crippen LogP) is -11.1. The van der Waals surface area contributed by atoms with E-state index < -0.39 is 29.0 Å². The van der Waals surface area contributed by atoms with E-state index in [4.69, 9.17) is 0 Å². The van der Waals surface area contributed by atoms with Crippen LogP contribution in [0.1, 0.15) is 31.1 Å². The second-order valence-electron chi connectivity index (χ2n) is 3.79. The van der Waals surface area contributed by atoms with Gasteiger partial charge >= 0.3 is 154 Å². The maximum atomic E-state index is 11.1. The molecule has 0 aliphatic heterocycles. The van der Waals surface area contributed by atoms with Crippen LogP contribution in [0.3, 0.4) is 0 Å². The van der Waals surface area contributed by atoms with Gasteiger partial charge in [0.25, 0.3) is 0 Å². The summed E-state index contributed by atoms with van der Waals surface area (Å²) in [6, 6.07) is 6.04. The molecule has 0 spiro atoms. The molecule has 0 N–H and O–H groups in total. The van der Waals surface area contributed by atoms with E-state index in [2.05, 4.69) is 0 Å². The zero-order valence-corrected chi connectivity index (χ0v) is 21.7. The number of fused-ring (bicyclic) bond motifs is 1.